The van der Waals surface area contributed by atoms with Crippen molar-refractivity contribution in [2.24, 2.45) is 0 Å². The molecule has 7 nitrogen and oxygen atoms in total. The van der Waals surface area contributed by atoms with E-state index in [1.165, 1.54) is 6.42 Å². The van der Waals surface area contributed by atoms with E-state index >= 15 is 0 Å². The van der Waals surface area contributed by atoms with Gasteiger partial charge in [0.05, 0.1) is 6.54 Å². The van der Waals surface area contributed by atoms with Gasteiger partial charge in [-0.25, -0.2) is 4.98 Å². The highest BCUT2D eigenvalue weighted by Crippen LogP contribution is 2.38. The fourth-order valence-electron chi connectivity index (χ4n) is 4.50. The molecular formula is C22H26N4O3. The van der Waals surface area contributed by atoms with E-state index in [9.17, 15) is 9.90 Å². The van der Waals surface area contributed by atoms with Crippen LogP contribution >= 0.6 is 0 Å². The van der Waals surface area contributed by atoms with Crippen LogP contribution in [0.1, 0.15) is 47.0 Å². The Labute approximate surface area is 170 Å². The van der Waals surface area contributed by atoms with Gasteiger partial charge >= 0.3 is 0 Å². The van der Waals surface area contributed by atoms with E-state index in [1.54, 1.807) is 11.1 Å². The number of rotatable bonds is 3. The van der Waals surface area contributed by atoms with Gasteiger partial charge in [0.1, 0.15) is 12.8 Å². The van der Waals surface area contributed by atoms with E-state index < -0.39 is 6.23 Å². The van der Waals surface area contributed by atoms with E-state index in [0.29, 0.717) is 25.4 Å². The van der Waals surface area contributed by atoms with Crippen LogP contribution in [0.15, 0.2) is 30.5 Å². The average Bonchev–Trinajstić information content (AvgIpc) is 3.06. The fourth-order valence-corrected chi connectivity index (χ4v) is 4.50. The molecule has 29 heavy (non-hydrogen) atoms. The van der Waals surface area contributed by atoms with E-state index in [-0.39, 0.29) is 5.91 Å². The van der Waals surface area contributed by atoms with Crippen molar-refractivity contribution in [2.45, 2.75) is 32.0 Å². The quantitative estimate of drug-likeness (QED) is 0.863. The Bertz CT molecular complexity index is 942. The van der Waals surface area contributed by atoms with Crippen molar-refractivity contribution >= 4 is 17.4 Å². The first kappa shape index (κ1) is 18.4. The van der Waals surface area contributed by atoms with E-state index in [1.807, 2.05) is 25.2 Å². The second-order valence-corrected chi connectivity index (χ2v) is 8.06. The van der Waals surface area contributed by atoms with Crippen LogP contribution in [-0.2, 0) is 6.54 Å². The number of likely N-dealkylation sites (tertiary alicyclic amines) is 1. The molecule has 4 heterocycles. The minimum atomic E-state index is -0.645. The van der Waals surface area contributed by atoms with Crippen LogP contribution < -0.4 is 9.64 Å². The molecule has 1 amide bonds. The summed E-state index contributed by atoms with van der Waals surface area (Å²) in [7, 11) is 1.82. The lowest BCUT2D eigenvalue weighted by molar-refractivity contribution is -0.0102. The summed E-state index contributed by atoms with van der Waals surface area (Å²) in [6.07, 6.45) is 4.58. The van der Waals surface area contributed by atoms with Gasteiger partial charge in [0, 0.05) is 49.7 Å². The SMILES string of the molecule is CN1Cc2cc(N3CCOc4cc(C(O)N5CCCCC5)cnc43)ccc2C1=O. The predicted octanol–water partition coefficient (Wildman–Crippen LogP) is 2.67. The summed E-state index contributed by atoms with van der Waals surface area (Å²) in [4.78, 5) is 22.8. The molecule has 1 atom stereocenters. The van der Waals surface area contributed by atoms with Crippen LogP contribution in [-0.4, -0.2) is 59.1 Å². The summed E-state index contributed by atoms with van der Waals surface area (Å²) in [5, 5.41) is 10.8. The number of benzene rings is 1. The van der Waals surface area contributed by atoms with Gasteiger partial charge in [-0.1, -0.05) is 6.42 Å². The molecule has 0 spiro atoms. The molecule has 7 heteroatoms. The lowest BCUT2D eigenvalue weighted by Crippen LogP contribution is -2.34. The number of pyridine rings is 1. The molecule has 3 aliphatic heterocycles. The maximum absolute atomic E-state index is 12.2. The number of hydrogen-bond donors (Lipinski definition) is 1. The molecule has 1 N–H and O–H groups in total. The smallest absolute Gasteiger partial charge is 0.254 e. The van der Waals surface area contributed by atoms with E-state index in [2.05, 4.69) is 20.9 Å². The topological polar surface area (TPSA) is 69.1 Å². The van der Waals surface area contributed by atoms with Gasteiger partial charge in [0.15, 0.2) is 11.6 Å². The monoisotopic (exact) mass is 394 g/mol. The molecule has 1 fully saturated rings. The molecule has 1 saturated heterocycles. The summed E-state index contributed by atoms with van der Waals surface area (Å²) in [5.41, 5.74) is 3.60. The lowest BCUT2D eigenvalue weighted by atomic mass is 10.1. The Hall–Kier alpha value is -2.64. The fraction of sp³-hybridized carbons (Fsp3) is 0.455. The van der Waals surface area contributed by atoms with E-state index in [4.69, 9.17) is 4.74 Å². The molecule has 5 rings (SSSR count). The Balaban J connectivity index is 1.43. The van der Waals surface area contributed by atoms with Crippen LogP contribution in [0.5, 0.6) is 5.75 Å². The molecule has 0 bridgehead atoms. The molecule has 2 aromatic rings. The van der Waals surface area contributed by atoms with Crippen molar-refractivity contribution in [2.75, 3.05) is 38.2 Å². The van der Waals surface area contributed by atoms with Crippen LogP contribution in [0.2, 0.25) is 0 Å². The molecule has 152 valence electrons. The summed E-state index contributed by atoms with van der Waals surface area (Å²) in [6, 6.07) is 7.87. The van der Waals surface area contributed by atoms with Gasteiger partial charge in [-0.2, -0.15) is 0 Å². The second kappa shape index (κ2) is 7.31. The van der Waals surface area contributed by atoms with Gasteiger partial charge < -0.3 is 19.6 Å². The number of piperidine rings is 1. The Kier molecular flexibility index (Phi) is 4.64. The largest absolute Gasteiger partial charge is 0.488 e. The average molecular weight is 394 g/mol. The maximum atomic E-state index is 12.2. The number of carbonyl (C=O) groups excluding carboxylic acids is 1. The highest BCUT2D eigenvalue weighted by atomic mass is 16.5. The number of aromatic nitrogens is 1. The van der Waals surface area contributed by atoms with Gasteiger partial charge in [-0.05, 0) is 42.7 Å². The molecule has 3 aliphatic rings. The standard InChI is InChI=1S/C22H26N4O3/c1-24-14-16-11-17(5-6-18(16)22(24)28)26-9-10-29-19-12-15(13-23-20(19)26)21(27)25-7-3-2-4-8-25/h5-6,11-13,21,27H,2-4,7-10,14H2,1H3. The molecule has 1 aromatic carbocycles. The van der Waals surface area contributed by atoms with Crippen LogP contribution in [0.25, 0.3) is 0 Å². The zero-order valence-electron chi connectivity index (χ0n) is 16.7. The number of amides is 1. The molecular weight excluding hydrogens is 368 g/mol. The minimum Gasteiger partial charge on any atom is -0.488 e. The number of ether oxygens (including phenoxy) is 1. The third-order valence-corrected chi connectivity index (χ3v) is 6.10. The Morgan fingerprint density at radius 3 is 2.79 bits per heavy atom. The van der Waals surface area contributed by atoms with Crippen LogP contribution in [0.4, 0.5) is 11.5 Å². The van der Waals surface area contributed by atoms with Crippen LogP contribution in [0.3, 0.4) is 0 Å². The molecule has 1 aromatic heterocycles. The van der Waals surface area contributed by atoms with Crippen molar-refractivity contribution in [3.8, 4) is 5.75 Å². The number of anilines is 2. The zero-order chi connectivity index (χ0) is 20.0. The zero-order valence-corrected chi connectivity index (χ0v) is 16.7. The number of nitrogens with zero attached hydrogens (tertiary/aromatic N) is 4. The van der Waals surface area contributed by atoms with Crippen molar-refractivity contribution in [1.29, 1.82) is 0 Å². The summed E-state index contributed by atoms with van der Waals surface area (Å²) < 4.78 is 5.88. The highest BCUT2D eigenvalue weighted by Gasteiger charge is 2.28. The number of aliphatic hydroxyl groups is 1. The van der Waals surface area contributed by atoms with Crippen LogP contribution in [0, 0.1) is 0 Å². The number of fused-ring (bicyclic) bond motifs is 2. The Morgan fingerprint density at radius 1 is 1.14 bits per heavy atom. The number of carbonyl (C=O) groups is 1. The summed E-state index contributed by atoms with van der Waals surface area (Å²) in [5.74, 6) is 1.52. The van der Waals surface area contributed by atoms with Gasteiger partial charge in [0.2, 0.25) is 0 Å². The maximum Gasteiger partial charge on any atom is 0.254 e. The van der Waals surface area contributed by atoms with Gasteiger partial charge in [-0.3, -0.25) is 9.69 Å². The third-order valence-electron chi connectivity index (χ3n) is 6.10. The Morgan fingerprint density at radius 2 is 1.97 bits per heavy atom. The normalized spacial score (nSPS) is 20.3. The molecule has 1 unspecified atom stereocenters. The van der Waals surface area contributed by atoms with Crippen molar-refractivity contribution < 1.29 is 14.6 Å². The van der Waals surface area contributed by atoms with Crippen molar-refractivity contribution in [3.63, 3.8) is 0 Å². The predicted molar refractivity (Wildman–Crippen MR) is 109 cm³/mol. The number of aliphatic hydroxyl groups excluding tert-OH is 1. The molecule has 0 radical (unpaired) electrons. The summed E-state index contributed by atoms with van der Waals surface area (Å²) in [6.45, 7) is 3.69. The highest BCUT2D eigenvalue weighted by molar-refractivity contribution is 5.98. The van der Waals surface area contributed by atoms with Crippen molar-refractivity contribution in [1.82, 2.24) is 14.8 Å². The first-order valence-corrected chi connectivity index (χ1v) is 10.3. The van der Waals surface area contributed by atoms with Gasteiger partial charge in [0.25, 0.3) is 5.91 Å². The van der Waals surface area contributed by atoms with Crippen molar-refractivity contribution in [3.05, 3.63) is 47.2 Å². The first-order valence-electron chi connectivity index (χ1n) is 10.3. The minimum absolute atomic E-state index is 0.0726. The van der Waals surface area contributed by atoms with E-state index in [0.717, 1.165) is 54.1 Å². The first-order chi connectivity index (χ1) is 14.1. The second-order valence-electron chi connectivity index (χ2n) is 8.06. The summed E-state index contributed by atoms with van der Waals surface area (Å²) >= 11 is 0. The third kappa shape index (κ3) is 3.24. The molecule has 0 aliphatic carbocycles. The lowest BCUT2D eigenvalue weighted by Gasteiger charge is -2.33. The van der Waals surface area contributed by atoms with Gasteiger partial charge in [-0.15, -0.1) is 0 Å². The number of hydrogen-bond acceptors (Lipinski definition) is 6. The molecule has 0 saturated carbocycles.